The van der Waals surface area contributed by atoms with Gasteiger partial charge in [0.2, 0.25) is 0 Å². The van der Waals surface area contributed by atoms with Crippen molar-refractivity contribution >= 4 is 17.6 Å². The number of hydrogen-bond acceptors (Lipinski definition) is 3. The lowest BCUT2D eigenvalue weighted by atomic mass is 10.2. The first kappa shape index (κ1) is 13.2. The van der Waals surface area contributed by atoms with Crippen LogP contribution in [0.4, 0.5) is 0 Å². The minimum Gasteiger partial charge on any atom is -0.493 e. The molecule has 2 aromatic rings. The molecule has 0 saturated carbocycles. The average Bonchev–Trinajstić information content (AvgIpc) is 2.39. The molecular weight excluding hydrogens is 268 g/mol. The molecule has 2 rings (SSSR count). The van der Waals surface area contributed by atoms with E-state index in [9.17, 15) is 4.79 Å². The molecule has 0 heterocycles. The minimum atomic E-state index is -1.08. The van der Waals surface area contributed by atoms with E-state index in [4.69, 9.17) is 26.2 Å². The molecule has 98 valence electrons. The molecule has 19 heavy (non-hydrogen) atoms. The van der Waals surface area contributed by atoms with Gasteiger partial charge >= 0.3 is 5.97 Å². The van der Waals surface area contributed by atoms with Gasteiger partial charge in [-0.2, -0.15) is 0 Å². The standard InChI is InChI=1S/C14H11ClO4/c1-18-12-4-2-3-5-13(12)19-9-6-7-10(14(16)17)11(15)8-9/h2-8H,1H3,(H,16,17). The number of carboxylic acid groups (broad SMARTS) is 1. The smallest absolute Gasteiger partial charge is 0.337 e. The van der Waals surface area contributed by atoms with Crippen LogP contribution in [0.2, 0.25) is 5.02 Å². The predicted molar refractivity (Wildman–Crippen MR) is 71.5 cm³/mol. The Balaban J connectivity index is 2.29. The SMILES string of the molecule is COc1ccccc1Oc1ccc(C(=O)O)c(Cl)c1. The molecule has 0 aliphatic heterocycles. The monoisotopic (exact) mass is 278 g/mol. The molecule has 0 amide bonds. The third-order valence-electron chi connectivity index (χ3n) is 2.47. The van der Waals surface area contributed by atoms with Gasteiger partial charge in [0, 0.05) is 6.07 Å². The van der Waals surface area contributed by atoms with Crippen molar-refractivity contribution in [3.63, 3.8) is 0 Å². The molecule has 0 aliphatic rings. The lowest BCUT2D eigenvalue weighted by Crippen LogP contribution is -1.97. The van der Waals surface area contributed by atoms with Crippen LogP contribution in [0.1, 0.15) is 10.4 Å². The van der Waals surface area contributed by atoms with Gasteiger partial charge in [0.15, 0.2) is 11.5 Å². The van der Waals surface area contributed by atoms with E-state index in [1.165, 1.54) is 12.1 Å². The number of carboxylic acids is 1. The Bertz CT molecular complexity index is 610. The van der Waals surface area contributed by atoms with E-state index in [0.717, 1.165) is 0 Å². The molecule has 0 spiro atoms. The second-order valence-electron chi connectivity index (χ2n) is 3.70. The van der Waals surface area contributed by atoms with Crippen molar-refractivity contribution in [1.29, 1.82) is 0 Å². The van der Waals surface area contributed by atoms with Gasteiger partial charge in [-0.3, -0.25) is 0 Å². The summed E-state index contributed by atoms with van der Waals surface area (Å²) in [4.78, 5) is 10.8. The third kappa shape index (κ3) is 2.98. The summed E-state index contributed by atoms with van der Waals surface area (Å²) in [5.74, 6) is 0.485. The van der Waals surface area contributed by atoms with Crippen molar-refractivity contribution in [2.24, 2.45) is 0 Å². The Labute approximate surface area is 115 Å². The van der Waals surface area contributed by atoms with Gasteiger partial charge < -0.3 is 14.6 Å². The Hall–Kier alpha value is -2.20. The molecule has 0 aromatic heterocycles. The zero-order valence-corrected chi connectivity index (χ0v) is 10.8. The number of hydrogen-bond donors (Lipinski definition) is 1. The number of ether oxygens (including phenoxy) is 2. The van der Waals surface area contributed by atoms with E-state index >= 15 is 0 Å². The minimum absolute atomic E-state index is 0.0362. The fourth-order valence-electron chi connectivity index (χ4n) is 1.56. The number of para-hydroxylation sites is 2. The van der Waals surface area contributed by atoms with Crippen LogP contribution in [0.25, 0.3) is 0 Å². The summed E-state index contributed by atoms with van der Waals surface area (Å²) in [5.41, 5.74) is 0.0362. The number of carbonyl (C=O) groups is 1. The maximum absolute atomic E-state index is 10.8. The van der Waals surface area contributed by atoms with E-state index in [1.807, 2.05) is 12.1 Å². The molecule has 0 fully saturated rings. The molecule has 4 nitrogen and oxygen atoms in total. The maximum Gasteiger partial charge on any atom is 0.337 e. The highest BCUT2D eigenvalue weighted by Crippen LogP contribution is 2.32. The molecule has 2 aromatic carbocycles. The summed E-state index contributed by atoms with van der Waals surface area (Å²) in [7, 11) is 1.54. The van der Waals surface area contributed by atoms with E-state index < -0.39 is 5.97 Å². The van der Waals surface area contributed by atoms with Crippen LogP contribution in [0, 0.1) is 0 Å². The van der Waals surface area contributed by atoms with Crippen molar-refractivity contribution < 1.29 is 19.4 Å². The predicted octanol–water partition coefficient (Wildman–Crippen LogP) is 3.84. The molecule has 0 radical (unpaired) electrons. The molecule has 0 unspecified atom stereocenters. The zero-order chi connectivity index (χ0) is 13.8. The van der Waals surface area contributed by atoms with E-state index in [1.54, 1.807) is 25.3 Å². The van der Waals surface area contributed by atoms with Crippen LogP contribution >= 0.6 is 11.6 Å². The fourth-order valence-corrected chi connectivity index (χ4v) is 1.81. The second kappa shape index (κ2) is 5.63. The lowest BCUT2D eigenvalue weighted by Gasteiger charge is -2.10. The van der Waals surface area contributed by atoms with Crippen molar-refractivity contribution in [2.45, 2.75) is 0 Å². The van der Waals surface area contributed by atoms with Crippen LogP contribution in [0.15, 0.2) is 42.5 Å². The van der Waals surface area contributed by atoms with Gasteiger partial charge in [-0.25, -0.2) is 4.79 Å². The second-order valence-corrected chi connectivity index (χ2v) is 4.11. The molecule has 0 saturated heterocycles. The summed E-state index contributed by atoms with van der Waals surface area (Å²) in [5, 5.41) is 9.01. The fraction of sp³-hybridized carbons (Fsp3) is 0.0714. The Morgan fingerprint density at radius 1 is 1.16 bits per heavy atom. The van der Waals surface area contributed by atoms with Crippen LogP contribution in [0.3, 0.4) is 0 Å². The number of halogens is 1. The number of rotatable bonds is 4. The average molecular weight is 279 g/mol. The first-order valence-corrected chi connectivity index (χ1v) is 5.83. The number of aromatic carboxylic acids is 1. The van der Waals surface area contributed by atoms with E-state index in [0.29, 0.717) is 17.2 Å². The van der Waals surface area contributed by atoms with Gasteiger partial charge in [0.25, 0.3) is 0 Å². The van der Waals surface area contributed by atoms with Gasteiger partial charge in [0.05, 0.1) is 17.7 Å². The van der Waals surface area contributed by atoms with Crippen molar-refractivity contribution in [2.75, 3.05) is 7.11 Å². The van der Waals surface area contributed by atoms with Crippen molar-refractivity contribution in [1.82, 2.24) is 0 Å². The van der Waals surface area contributed by atoms with E-state index in [-0.39, 0.29) is 10.6 Å². The van der Waals surface area contributed by atoms with Gasteiger partial charge in [-0.1, -0.05) is 23.7 Å². The maximum atomic E-state index is 10.8. The highest BCUT2D eigenvalue weighted by atomic mass is 35.5. The molecule has 0 atom stereocenters. The summed E-state index contributed by atoms with van der Waals surface area (Å²) < 4.78 is 10.8. The number of benzene rings is 2. The third-order valence-corrected chi connectivity index (χ3v) is 2.78. The van der Waals surface area contributed by atoms with Crippen LogP contribution < -0.4 is 9.47 Å². The summed E-state index contributed by atoms with van der Waals surface area (Å²) >= 11 is 5.87. The lowest BCUT2D eigenvalue weighted by molar-refractivity contribution is 0.0697. The first-order valence-electron chi connectivity index (χ1n) is 5.45. The first-order chi connectivity index (χ1) is 9.11. The van der Waals surface area contributed by atoms with E-state index in [2.05, 4.69) is 0 Å². The topological polar surface area (TPSA) is 55.8 Å². The normalized spacial score (nSPS) is 10.0. The molecule has 1 N–H and O–H groups in total. The van der Waals surface area contributed by atoms with Crippen LogP contribution in [0.5, 0.6) is 17.2 Å². The van der Waals surface area contributed by atoms with Gasteiger partial charge in [-0.05, 0) is 24.3 Å². The summed E-state index contributed by atoms with van der Waals surface area (Å²) in [6.07, 6.45) is 0. The highest BCUT2D eigenvalue weighted by Gasteiger charge is 2.11. The quantitative estimate of drug-likeness (QED) is 0.923. The molecular formula is C14H11ClO4. The van der Waals surface area contributed by atoms with Crippen molar-refractivity contribution in [3.05, 3.63) is 53.1 Å². The van der Waals surface area contributed by atoms with Crippen LogP contribution in [-0.4, -0.2) is 18.2 Å². The largest absolute Gasteiger partial charge is 0.493 e. The Morgan fingerprint density at radius 2 is 1.84 bits per heavy atom. The number of methoxy groups -OCH3 is 1. The Morgan fingerprint density at radius 3 is 2.42 bits per heavy atom. The summed E-state index contributed by atoms with van der Waals surface area (Å²) in [6.45, 7) is 0. The summed E-state index contributed by atoms with van der Waals surface area (Å²) in [6, 6.07) is 11.5. The molecule has 5 heteroatoms. The van der Waals surface area contributed by atoms with Gasteiger partial charge in [0.1, 0.15) is 5.75 Å². The van der Waals surface area contributed by atoms with Crippen LogP contribution in [-0.2, 0) is 0 Å². The van der Waals surface area contributed by atoms with Crippen molar-refractivity contribution in [3.8, 4) is 17.2 Å². The zero-order valence-electron chi connectivity index (χ0n) is 10.1. The molecule has 0 bridgehead atoms. The highest BCUT2D eigenvalue weighted by molar-refractivity contribution is 6.33. The van der Waals surface area contributed by atoms with Gasteiger partial charge in [-0.15, -0.1) is 0 Å². The molecule has 0 aliphatic carbocycles. The Kier molecular flexibility index (Phi) is 3.92.